The van der Waals surface area contributed by atoms with Crippen LogP contribution in [0.15, 0.2) is 52.2 Å². The van der Waals surface area contributed by atoms with E-state index in [1.54, 1.807) is 6.26 Å². The Balaban J connectivity index is 1.92. The lowest BCUT2D eigenvalue weighted by Crippen LogP contribution is -2.07. The van der Waals surface area contributed by atoms with E-state index in [1.807, 2.05) is 47.9 Å². The Morgan fingerprint density at radius 1 is 1.20 bits per heavy atom. The molecule has 0 saturated heterocycles. The number of rotatable bonds is 7. The first-order valence-electron chi connectivity index (χ1n) is 7.75. The Labute approximate surface area is 151 Å². The molecule has 0 aliphatic rings. The molecule has 8 heteroatoms. The molecule has 0 aliphatic carbocycles. The van der Waals surface area contributed by atoms with E-state index in [0.29, 0.717) is 17.5 Å². The first kappa shape index (κ1) is 17.8. The summed E-state index contributed by atoms with van der Waals surface area (Å²) in [6.07, 6.45) is 2.86. The molecule has 25 heavy (non-hydrogen) atoms. The highest BCUT2D eigenvalue weighted by Crippen LogP contribution is 2.26. The van der Waals surface area contributed by atoms with Crippen LogP contribution in [0.3, 0.4) is 0 Å². The van der Waals surface area contributed by atoms with Crippen molar-refractivity contribution < 1.29 is 12.8 Å². The fourth-order valence-electron chi connectivity index (χ4n) is 2.38. The highest BCUT2D eigenvalue weighted by atomic mass is 32.2. The SMILES string of the molecule is Cc1cccc(-c2nnc(SCCS(C)(=O)=O)n2Cc2ccco2)c1. The third-order valence-electron chi connectivity index (χ3n) is 3.57. The minimum absolute atomic E-state index is 0.102. The van der Waals surface area contributed by atoms with Gasteiger partial charge in [0.05, 0.1) is 18.6 Å². The molecule has 3 aromatic rings. The van der Waals surface area contributed by atoms with Gasteiger partial charge in [-0.05, 0) is 25.1 Å². The highest BCUT2D eigenvalue weighted by Gasteiger charge is 2.16. The van der Waals surface area contributed by atoms with Crippen molar-refractivity contribution in [3.05, 3.63) is 54.0 Å². The number of furan rings is 1. The molecule has 2 heterocycles. The van der Waals surface area contributed by atoms with Crippen molar-refractivity contribution in [2.24, 2.45) is 0 Å². The molecule has 0 bridgehead atoms. The first-order valence-corrected chi connectivity index (χ1v) is 10.8. The second-order valence-corrected chi connectivity index (χ2v) is 9.14. The predicted octanol–water partition coefficient (Wildman–Crippen LogP) is 3.03. The van der Waals surface area contributed by atoms with Gasteiger partial charge in [-0.15, -0.1) is 10.2 Å². The molecule has 0 amide bonds. The van der Waals surface area contributed by atoms with Crippen LogP contribution < -0.4 is 0 Å². The standard InChI is InChI=1S/C17H19N3O3S2/c1-13-5-3-6-14(11-13)16-18-19-17(24-9-10-25(2,21)22)20(16)12-15-7-4-8-23-15/h3-8,11H,9-10,12H2,1-2H3. The van der Waals surface area contributed by atoms with E-state index >= 15 is 0 Å². The molecule has 0 spiro atoms. The summed E-state index contributed by atoms with van der Waals surface area (Å²) in [4.78, 5) is 0. The molecule has 0 N–H and O–H groups in total. The van der Waals surface area contributed by atoms with E-state index in [-0.39, 0.29) is 5.75 Å². The average molecular weight is 377 g/mol. The number of sulfone groups is 1. The maximum Gasteiger partial charge on any atom is 0.191 e. The summed E-state index contributed by atoms with van der Waals surface area (Å²) < 4.78 is 30.1. The fraction of sp³-hybridized carbons (Fsp3) is 0.294. The monoisotopic (exact) mass is 377 g/mol. The normalized spacial score (nSPS) is 11.8. The number of aromatic nitrogens is 3. The lowest BCUT2D eigenvalue weighted by atomic mass is 10.1. The lowest BCUT2D eigenvalue weighted by Gasteiger charge is -2.09. The molecule has 0 saturated carbocycles. The minimum atomic E-state index is -3.00. The van der Waals surface area contributed by atoms with Gasteiger partial charge in [0, 0.05) is 17.6 Å². The van der Waals surface area contributed by atoms with Gasteiger partial charge in [0.2, 0.25) is 0 Å². The van der Waals surface area contributed by atoms with Crippen molar-refractivity contribution in [1.82, 2.24) is 14.8 Å². The van der Waals surface area contributed by atoms with E-state index in [1.165, 1.54) is 18.0 Å². The van der Waals surface area contributed by atoms with Gasteiger partial charge in [-0.25, -0.2) is 8.42 Å². The van der Waals surface area contributed by atoms with Crippen molar-refractivity contribution in [1.29, 1.82) is 0 Å². The van der Waals surface area contributed by atoms with Crippen LogP contribution in [0.25, 0.3) is 11.4 Å². The Hall–Kier alpha value is -2.06. The summed E-state index contributed by atoms with van der Waals surface area (Å²) >= 11 is 1.38. The van der Waals surface area contributed by atoms with Crippen LogP contribution in [-0.2, 0) is 16.4 Å². The molecule has 0 fully saturated rings. The van der Waals surface area contributed by atoms with Crippen LogP contribution in [0.2, 0.25) is 0 Å². The second-order valence-electron chi connectivity index (χ2n) is 5.82. The molecule has 0 unspecified atom stereocenters. The predicted molar refractivity (Wildman–Crippen MR) is 98.4 cm³/mol. The van der Waals surface area contributed by atoms with Crippen molar-refractivity contribution in [2.75, 3.05) is 17.8 Å². The van der Waals surface area contributed by atoms with Crippen LogP contribution in [-0.4, -0.2) is 40.9 Å². The van der Waals surface area contributed by atoms with Gasteiger partial charge in [0.1, 0.15) is 15.6 Å². The third-order valence-corrected chi connectivity index (χ3v) is 5.75. The van der Waals surface area contributed by atoms with Gasteiger partial charge in [-0.3, -0.25) is 4.57 Å². The molecule has 0 radical (unpaired) electrons. The number of benzene rings is 1. The smallest absolute Gasteiger partial charge is 0.191 e. The molecule has 2 aromatic heterocycles. The van der Waals surface area contributed by atoms with Crippen molar-refractivity contribution in [3.63, 3.8) is 0 Å². The summed E-state index contributed by atoms with van der Waals surface area (Å²) in [5, 5.41) is 9.26. The zero-order chi connectivity index (χ0) is 17.9. The number of hydrogen-bond acceptors (Lipinski definition) is 6. The van der Waals surface area contributed by atoms with Gasteiger partial charge in [0.15, 0.2) is 11.0 Å². The molecule has 1 aromatic carbocycles. The van der Waals surface area contributed by atoms with Crippen LogP contribution >= 0.6 is 11.8 Å². The maximum absolute atomic E-state index is 11.4. The van der Waals surface area contributed by atoms with E-state index in [0.717, 1.165) is 22.7 Å². The van der Waals surface area contributed by atoms with E-state index in [2.05, 4.69) is 10.2 Å². The van der Waals surface area contributed by atoms with Crippen molar-refractivity contribution in [3.8, 4) is 11.4 Å². The molecule has 6 nitrogen and oxygen atoms in total. The number of aryl methyl sites for hydroxylation is 1. The summed E-state index contributed by atoms with van der Waals surface area (Å²) in [5.74, 6) is 2.06. The summed E-state index contributed by atoms with van der Waals surface area (Å²) in [6.45, 7) is 2.52. The topological polar surface area (TPSA) is 78.0 Å². The fourth-order valence-corrected chi connectivity index (χ4v) is 4.51. The number of hydrogen-bond donors (Lipinski definition) is 0. The highest BCUT2D eigenvalue weighted by molar-refractivity contribution is 8.00. The Kier molecular flexibility index (Phi) is 5.29. The first-order chi connectivity index (χ1) is 11.9. The second kappa shape index (κ2) is 7.45. The summed E-state index contributed by atoms with van der Waals surface area (Å²) in [7, 11) is -3.00. The Morgan fingerprint density at radius 3 is 2.72 bits per heavy atom. The van der Waals surface area contributed by atoms with Gasteiger partial charge < -0.3 is 4.42 Å². The molecule has 132 valence electrons. The minimum Gasteiger partial charge on any atom is -0.467 e. The van der Waals surface area contributed by atoms with Crippen molar-refractivity contribution >= 4 is 21.6 Å². The third kappa shape index (κ3) is 4.73. The van der Waals surface area contributed by atoms with E-state index < -0.39 is 9.84 Å². The summed E-state index contributed by atoms with van der Waals surface area (Å²) in [5.41, 5.74) is 2.10. The Bertz CT molecular complexity index is 947. The Morgan fingerprint density at radius 2 is 2.04 bits per heavy atom. The van der Waals surface area contributed by atoms with E-state index in [9.17, 15) is 8.42 Å². The largest absolute Gasteiger partial charge is 0.467 e. The summed E-state index contributed by atoms with van der Waals surface area (Å²) in [6, 6.07) is 11.8. The molecule has 0 aliphatic heterocycles. The molecular formula is C17H19N3O3S2. The number of nitrogens with zero attached hydrogens (tertiary/aromatic N) is 3. The van der Waals surface area contributed by atoms with Gasteiger partial charge >= 0.3 is 0 Å². The van der Waals surface area contributed by atoms with Crippen molar-refractivity contribution in [2.45, 2.75) is 18.6 Å². The number of thioether (sulfide) groups is 1. The van der Waals surface area contributed by atoms with Crippen LogP contribution in [0.5, 0.6) is 0 Å². The maximum atomic E-state index is 11.4. The zero-order valence-electron chi connectivity index (χ0n) is 14.0. The van der Waals surface area contributed by atoms with Gasteiger partial charge in [0.25, 0.3) is 0 Å². The van der Waals surface area contributed by atoms with E-state index in [4.69, 9.17) is 4.42 Å². The quantitative estimate of drug-likeness (QED) is 0.589. The van der Waals surface area contributed by atoms with Gasteiger partial charge in [-0.1, -0.05) is 35.5 Å². The van der Waals surface area contributed by atoms with Crippen LogP contribution in [0, 0.1) is 6.92 Å². The lowest BCUT2D eigenvalue weighted by molar-refractivity contribution is 0.485. The zero-order valence-corrected chi connectivity index (χ0v) is 15.7. The molecular weight excluding hydrogens is 358 g/mol. The molecule has 0 atom stereocenters. The van der Waals surface area contributed by atoms with Crippen LogP contribution in [0.1, 0.15) is 11.3 Å². The molecule has 3 rings (SSSR count). The average Bonchev–Trinajstić information content (AvgIpc) is 3.17. The van der Waals surface area contributed by atoms with Crippen LogP contribution in [0.4, 0.5) is 0 Å². The van der Waals surface area contributed by atoms with Gasteiger partial charge in [-0.2, -0.15) is 0 Å².